The zero-order valence-corrected chi connectivity index (χ0v) is 9.25. The molecule has 0 unspecified atom stereocenters. The van der Waals surface area contributed by atoms with Gasteiger partial charge in [0.25, 0.3) is 0 Å². The van der Waals surface area contributed by atoms with E-state index in [1.165, 1.54) is 6.07 Å². The normalized spacial score (nSPS) is 10.5. The van der Waals surface area contributed by atoms with Gasteiger partial charge < -0.3 is 9.73 Å². The molecule has 0 fully saturated rings. The minimum atomic E-state index is -0.832. The van der Waals surface area contributed by atoms with Crippen molar-refractivity contribution in [3.8, 4) is 0 Å². The first-order valence-electron chi connectivity index (χ1n) is 5.47. The molecule has 0 aliphatic rings. The van der Waals surface area contributed by atoms with Gasteiger partial charge in [0.05, 0.1) is 6.26 Å². The topological polar surface area (TPSA) is 25.2 Å². The monoisotopic (exact) mass is 237 g/mol. The van der Waals surface area contributed by atoms with E-state index in [0.29, 0.717) is 12.2 Å². The van der Waals surface area contributed by atoms with Gasteiger partial charge in [-0.3, -0.25) is 0 Å². The number of aryl methyl sites for hydroxylation is 1. The molecule has 1 aromatic heterocycles. The Kier molecular flexibility index (Phi) is 3.75. The van der Waals surface area contributed by atoms with Crippen LogP contribution in [0.1, 0.15) is 12.2 Å². The maximum Gasteiger partial charge on any atom is 0.160 e. The zero-order chi connectivity index (χ0) is 12.1. The van der Waals surface area contributed by atoms with Gasteiger partial charge in [0.1, 0.15) is 5.76 Å². The van der Waals surface area contributed by atoms with E-state index in [2.05, 4.69) is 5.32 Å². The van der Waals surface area contributed by atoms with E-state index in [1.54, 1.807) is 6.26 Å². The Bertz CT molecular complexity index is 468. The van der Waals surface area contributed by atoms with Crippen LogP contribution in [0, 0.1) is 11.6 Å². The van der Waals surface area contributed by atoms with E-state index >= 15 is 0 Å². The second kappa shape index (κ2) is 5.48. The van der Waals surface area contributed by atoms with Gasteiger partial charge in [0.15, 0.2) is 11.6 Å². The van der Waals surface area contributed by atoms with Crippen LogP contribution in [-0.4, -0.2) is 6.54 Å². The average Bonchev–Trinajstić information content (AvgIpc) is 2.82. The number of hydrogen-bond acceptors (Lipinski definition) is 2. The molecule has 4 heteroatoms. The number of halogens is 2. The summed E-state index contributed by atoms with van der Waals surface area (Å²) in [5.74, 6) is -0.732. The third-order valence-corrected chi connectivity index (χ3v) is 2.43. The highest BCUT2D eigenvalue weighted by atomic mass is 19.2. The molecular weight excluding hydrogens is 224 g/mol. The highest BCUT2D eigenvalue weighted by Gasteiger charge is 2.02. The number of furan rings is 1. The molecule has 2 rings (SSSR count). The van der Waals surface area contributed by atoms with Crippen LogP contribution in [0.5, 0.6) is 0 Å². The smallest absolute Gasteiger partial charge is 0.160 e. The summed E-state index contributed by atoms with van der Waals surface area (Å²) in [5, 5.41) is 3.03. The van der Waals surface area contributed by atoms with E-state index < -0.39 is 11.6 Å². The van der Waals surface area contributed by atoms with Crippen LogP contribution in [0.15, 0.2) is 41.0 Å². The number of hydrogen-bond donors (Lipinski definition) is 1. The van der Waals surface area contributed by atoms with Crippen molar-refractivity contribution in [3.05, 3.63) is 54.0 Å². The van der Waals surface area contributed by atoms with Crippen molar-refractivity contribution >= 4 is 5.69 Å². The molecule has 90 valence electrons. The van der Waals surface area contributed by atoms with Gasteiger partial charge in [-0.15, -0.1) is 0 Å². The molecule has 17 heavy (non-hydrogen) atoms. The van der Waals surface area contributed by atoms with Crippen molar-refractivity contribution in [2.45, 2.75) is 12.8 Å². The fourth-order valence-corrected chi connectivity index (χ4v) is 1.56. The third-order valence-electron chi connectivity index (χ3n) is 2.43. The SMILES string of the molecule is Fc1ccc(NCCCc2ccco2)cc1F. The van der Waals surface area contributed by atoms with Crippen molar-refractivity contribution in [1.29, 1.82) is 0 Å². The molecule has 0 atom stereocenters. The fourth-order valence-electron chi connectivity index (χ4n) is 1.56. The number of benzene rings is 1. The Hall–Kier alpha value is -1.84. The van der Waals surface area contributed by atoms with Crippen LogP contribution >= 0.6 is 0 Å². The van der Waals surface area contributed by atoms with Gasteiger partial charge in [-0.25, -0.2) is 8.78 Å². The molecule has 0 spiro atoms. The van der Waals surface area contributed by atoms with Gasteiger partial charge in [-0.2, -0.15) is 0 Å². The van der Waals surface area contributed by atoms with E-state index in [0.717, 1.165) is 30.7 Å². The third kappa shape index (κ3) is 3.31. The fraction of sp³-hybridized carbons (Fsp3) is 0.231. The lowest BCUT2D eigenvalue weighted by Crippen LogP contribution is -2.03. The Balaban J connectivity index is 1.76. The minimum Gasteiger partial charge on any atom is -0.469 e. The van der Waals surface area contributed by atoms with Crippen LogP contribution in [0.3, 0.4) is 0 Å². The minimum absolute atomic E-state index is 0.586. The quantitative estimate of drug-likeness (QED) is 0.804. The maximum absolute atomic E-state index is 12.9. The summed E-state index contributed by atoms with van der Waals surface area (Å²) in [7, 11) is 0. The van der Waals surface area contributed by atoms with Crippen LogP contribution in [0.25, 0.3) is 0 Å². The molecule has 0 saturated heterocycles. The Morgan fingerprint density at radius 2 is 2.00 bits per heavy atom. The summed E-state index contributed by atoms with van der Waals surface area (Å²) in [6.07, 6.45) is 3.33. The summed E-state index contributed by atoms with van der Waals surface area (Å²) >= 11 is 0. The molecule has 1 N–H and O–H groups in total. The van der Waals surface area contributed by atoms with Crippen LogP contribution in [0.2, 0.25) is 0 Å². The lowest BCUT2D eigenvalue weighted by atomic mass is 10.2. The molecule has 0 amide bonds. The van der Waals surface area contributed by atoms with E-state index in [-0.39, 0.29) is 0 Å². The summed E-state index contributed by atoms with van der Waals surface area (Å²) < 4.78 is 30.7. The molecule has 0 bridgehead atoms. The van der Waals surface area contributed by atoms with Crippen molar-refractivity contribution in [3.63, 3.8) is 0 Å². The second-order valence-corrected chi connectivity index (χ2v) is 3.74. The Morgan fingerprint density at radius 3 is 2.71 bits per heavy atom. The molecule has 0 radical (unpaired) electrons. The lowest BCUT2D eigenvalue weighted by molar-refractivity contribution is 0.504. The maximum atomic E-state index is 12.9. The largest absolute Gasteiger partial charge is 0.469 e. The number of rotatable bonds is 5. The molecule has 0 aliphatic heterocycles. The average molecular weight is 237 g/mol. The zero-order valence-electron chi connectivity index (χ0n) is 9.25. The summed E-state index contributed by atoms with van der Waals surface area (Å²) in [4.78, 5) is 0. The number of nitrogens with one attached hydrogen (secondary N) is 1. The summed E-state index contributed by atoms with van der Waals surface area (Å²) in [6, 6.07) is 7.55. The number of anilines is 1. The van der Waals surface area contributed by atoms with Gasteiger partial charge in [-0.05, 0) is 36.8 Å². The first-order valence-corrected chi connectivity index (χ1v) is 5.47. The Labute approximate surface area is 98.3 Å². The van der Waals surface area contributed by atoms with Crippen molar-refractivity contribution in [2.75, 3.05) is 11.9 Å². The molecule has 1 heterocycles. The molecular formula is C13H13F2NO. The van der Waals surface area contributed by atoms with E-state index in [1.807, 2.05) is 12.1 Å². The summed E-state index contributed by atoms with van der Waals surface area (Å²) in [5.41, 5.74) is 0.586. The molecule has 2 aromatic rings. The van der Waals surface area contributed by atoms with Crippen molar-refractivity contribution < 1.29 is 13.2 Å². The summed E-state index contributed by atoms with van der Waals surface area (Å²) in [6.45, 7) is 0.686. The van der Waals surface area contributed by atoms with Crippen molar-refractivity contribution in [2.24, 2.45) is 0 Å². The highest BCUT2D eigenvalue weighted by molar-refractivity contribution is 5.43. The van der Waals surface area contributed by atoms with Gasteiger partial charge in [-0.1, -0.05) is 0 Å². The predicted molar refractivity (Wildman–Crippen MR) is 61.9 cm³/mol. The molecule has 1 aromatic carbocycles. The lowest BCUT2D eigenvalue weighted by Gasteiger charge is -2.05. The van der Waals surface area contributed by atoms with Crippen LogP contribution in [0.4, 0.5) is 14.5 Å². The predicted octanol–water partition coefficient (Wildman–Crippen LogP) is 3.60. The van der Waals surface area contributed by atoms with Crippen LogP contribution in [-0.2, 0) is 6.42 Å². The standard InChI is InChI=1S/C13H13F2NO/c14-12-6-5-10(9-13(12)15)16-7-1-3-11-4-2-8-17-11/h2,4-6,8-9,16H,1,3,7H2. The van der Waals surface area contributed by atoms with Gasteiger partial charge in [0.2, 0.25) is 0 Å². The molecule has 0 aliphatic carbocycles. The van der Waals surface area contributed by atoms with Crippen molar-refractivity contribution in [1.82, 2.24) is 0 Å². The van der Waals surface area contributed by atoms with E-state index in [9.17, 15) is 8.78 Å². The molecule has 2 nitrogen and oxygen atoms in total. The molecule has 0 saturated carbocycles. The van der Waals surface area contributed by atoms with Gasteiger partial charge >= 0.3 is 0 Å². The Morgan fingerprint density at radius 1 is 1.12 bits per heavy atom. The highest BCUT2D eigenvalue weighted by Crippen LogP contribution is 2.13. The first kappa shape index (κ1) is 11.6. The first-order chi connectivity index (χ1) is 8.25. The van der Waals surface area contributed by atoms with Crippen LogP contribution < -0.4 is 5.32 Å². The second-order valence-electron chi connectivity index (χ2n) is 3.74. The van der Waals surface area contributed by atoms with E-state index in [4.69, 9.17) is 4.42 Å². The van der Waals surface area contributed by atoms with Gasteiger partial charge in [0, 0.05) is 18.7 Å².